The van der Waals surface area contributed by atoms with Crippen molar-refractivity contribution in [3.63, 3.8) is 0 Å². The molecule has 0 aliphatic rings. The number of carbonyl (C=O) groups is 1. The number of nitrogens with zero attached hydrogens (tertiary/aromatic N) is 3. The van der Waals surface area contributed by atoms with E-state index < -0.39 is 0 Å². The number of hydrogen-bond acceptors (Lipinski definition) is 4. The van der Waals surface area contributed by atoms with Gasteiger partial charge in [0.15, 0.2) is 0 Å². The van der Waals surface area contributed by atoms with Gasteiger partial charge in [-0.2, -0.15) is 5.26 Å². The van der Waals surface area contributed by atoms with Crippen LogP contribution in [-0.2, 0) is 11.3 Å². The van der Waals surface area contributed by atoms with E-state index in [-0.39, 0.29) is 11.9 Å². The molecule has 0 aliphatic carbocycles. The number of amides is 1. The summed E-state index contributed by atoms with van der Waals surface area (Å²) in [6, 6.07) is 17.0. The molecule has 1 N–H and O–H groups in total. The van der Waals surface area contributed by atoms with Gasteiger partial charge < -0.3 is 10.2 Å². The predicted octanol–water partition coefficient (Wildman–Crippen LogP) is 3.08. The van der Waals surface area contributed by atoms with Crippen molar-refractivity contribution in [2.45, 2.75) is 19.5 Å². The SMILES string of the molecule is C[C@@H](C(=O)Nc1cccc(C#N)c1)N(C)Cc1ccc(N(C)C)cc1. The normalized spacial score (nSPS) is 11.7. The van der Waals surface area contributed by atoms with E-state index in [9.17, 15) is 4.79 Å². The molecule has 2 aromatic carbocycles. The van der Waals surface area contributed by atoms with Crippen molar-refractivity contribution in [2.24, 2.45) is 0 Å². The van der Waals surface area contributed by atoms with Crippen LogP contribution < -0.4 is 10.2 Å². The summed E-state index contributed by atoms with van der Waals surface area (Å²) in [6.07, 6.45) is 0. The Kier molecular flexibility index (Phi) is 6.15. The number of anilines is 2. The maximum Gasteiger partial charge on any atom is 0.241 e. The zero-order valence-corrected chi connectivity index (χ0v) is 15.2. The second-order valence-electron chi connectivity index (χ2n) is 6.33. The molecule has 1 atom stereocenters. The zero-order chi connectivity index (χ0) is 18.4. The standard InChI is InChI=1S/C20H24N4O/c1-15(20(25)22-18-7-5-6-17(12-18)13-21)24(4)14-16-8-10-19(11-9-16)23(2)3/h5-12,15H,14H2,1-4H3,(H,22,25)/t15-/m0/s1. The van der Waals surface area contributed by atoms with Crippen molar-refractivity contribution in [3.05, 3.63) is 59.7 Å². The minimum Gasteiger partial charge on any atom is -0.378 e. The van der Waals surface area contributed by atoms with Gasteiger partial charge >= 0.3 is 0 Å². The number of nitrogens with one attached hydrogen (secondary N) is 1. The molecule has 0 saturated carbocycles. The van der Waals surface area contributed by atoms with Crippen LogP contribution in [0.1, 0.15) is 18.1 Å². The maximum atomic E-state index is 12.4. The minimum atomic E-state index is -0.292. The maximum absolute atomic E-state index is 12.4. The lowest BCUT2D eigenvalue weighted by Crippen LogP contribution is -2.39. The van der Waals surface area contributed by atoms with Gasteiger partial charge in [-0.3, -0.25) is 9.69 Å². The molecule has 0 bridgehead atoms. The molecule has 0 radical (unpaired) electrons. The van der Waals surface area contributed by atoms with E-state index >= 15 is 0 Å². The molecule has 130 valence electrons. The van der Waals surface area contributed by atoms with Crippen LogP contribution in [0.5, 0.6) is 0 Å². The largest absolute Gasteiger partial charge is 0.378 e. The van der Waals surface area contributed by atoms with Gasteiger partial charge in [0.2, 0.25) is 5.91 Å². The van der Waals surface area contributed by atoms with Crippen LogP contribution in [0.4, 0.5) is 11.4 Å². The van der Waals surface area contributed by atoms with E-state index in [1.807, 2.05) is 33.0 Å². The third-order valence-electron chi connectivity index (χ3n) is 4.18. The smallest absolute Gasteiger partial charge is 0.241 e. The van der Waals surface area contributed by atoms with Gasteiger partial charge in [-0.05, 0) is 49.9 Å². The van der Waals surface area contributed by atoms with E-state index in [0.717, 1.165) is 11.3 Å². The third-order valence-corrected chi connectivity index (χ3v) is 4.18. The average molecular weight is 336 g/mol. The van der Waals surface area contributed by atoms with Crippen molar-refractivity contribution < 1.29 is 4.79 Å². The molecular formula is C20H24N4O. The summed E-state index contributed by atoms with van der Waals surface area (Å²) in [5.41, 5.74) is 3.47. The first kappa shape index (κ1) is 18.5. The van der Waals surface area contributed by atoms with Crippen molar-refractivity contribution in [3.8, 4) is 6.07 Å². The summed E-state index contributed by atoms with van der Waals surface area (Å²) in [7, 11) is 5.94. The first-order valence-electron chi connectivity index (χ1n) is 8.18. The summed E-state index contributed by atoms with van der Waals surface area (Å²) in [6.45, 7) is 2.55. The Morgan fingerprint density at radius 1 is 1.16 bits per heavy atom. The number of carbonyl (C=O) groups excluding carboxylic acids is 1. The second-order valence-corrected chi connectivity index (χ2v) is 6.33. The van der Waals surface area contributed by atoms with Gasteiger partial charge in [-0.1, -0.05) is 18.2 Å². The van der Waals surface area contributed by atoms with E-state index in [1.165, 1.54) is 0 Å². The molecule has 25 heavy (non-hydrogen) atoms. The fourth-order valence-electron chi connectivity index (χ4n) is 2.44. The average Bonchev–Trinajstić information content (AvgIpc) is 2.61. The number of likely N-dealkylation sites (N-methyl/N-ethyl adjacent to an activating group) is 1. The quantitative estimate of drug-likeness (QED) is 0.881. The van der Waals surface area contributed by atoms with Crippen LogP contribution in [0, 0.1) is 11.3 Å². The third kappa shape index (κ3) is 5.07. The molecule has 5 heteroatoms. The highest BCUT2D eigenvalue weighted by Gasteiger charge is 2.18. The van der Waals surface area contributed by atoms with E-state index in [2.05, 4.69) is 40.6 Å². The first-order chi connectivity index (χ1) is 11.9. The number of rotatable bonds is 6. The molecule has 0 aromatic heterocycles. The molecule has 0 saturated heterocycles. The van der Waals surface area contributed by atoms with Crippen molar-refractivity contribution >= 4 is 17.3 Å². The number of hydrogen-bond donors (Lipinski definition) is 1. The number of benzene rings is 2. The Labute approximate surface area is 149 Å². The van der Waals surface area contributed by atoms with Gasteiger partial charge in [0.05, 0.1) is 17.7 Å². The molecule has 0 aliphatic heterocycles. The summed E-state index contributed by atoms with van der Waals surface area (Å²) in [4.78, 5) is 16.5. The van der Waals surface area contributed by atoms with Crippen LogP contribution >= 0.6 is 0 Å². The first-order valence-corrected chi connectivity index (χ1v) is 8.18. The monoisotopic (exact) mass is 336 g/mol. The summed E-state index contributed by atoms with van der Waals surface area (Å²) in [5.74, 6) is -0.0949. The van der Waals surface area contributed by atoms with Gasteiger partial charge in [0, 0.05) is 32.0 Å². The highest BCUT2D eigenvalue weighted by atomic mass is 16.2. The van der Waals surface area contributed by atoms with Crippen LogP contribution in [0.15, 0.2) is 48.5 Å². The summed E-state index contributed by atoms with van der Waals surface area (Å²) < 4.78 is 0. The number of nitriles is 1. The molecule has 1 amide bonds. The summed E-state index contributed by atoms with van der Waals surface area (Å²) in [5, 5.41) is 11.8. The highest BCUT2D eigenvalue weighted by molar-refractivity contribution is 5.94. The lowest BCUT2D eigenvalue weighted by atomic mass is 10.1. The molecule has 0 fully saturated rings. The molecule has 0 heterocycles. The van der Waals surface area contributed by atoms with Crippen molar-refractivity contribution in [1.29, 1.82) is 5.26 Å². The van der Waals surface area contributed by atoms with Gasteiger partial charge in [0.1, 0.15) is 0 Å². The van der Waals surface area contributed by atoms with E-state index in [4.69, 9.17) is 5.26 Å². The van der Waals surface area contributed by atoms with Gasteiger partial charge in [0.25, 0.3) is 0 Å². The highest BCUT2D eigenvalue weighted by Crippen LogP contribution is 2.15. The van der Waals surface area contributed by atoms with Crippen LogP contribution in [0.2, 0.25) is 0 Å². The van der Waals surface area contributed by atoms with Gasteiger partial charge in [-0.25, -0.2) is 0 Å². The molecule has 2 rings (SSSR count). The van der Waals surface area contributed by atoms with Gasteiger partial charge in [-0.15, -0.1) is 0 Å². The van der Waals surface area contributed by atoms with E-state index in [1.54, 1.807) is 24.3 Å². The van der Waals surface area contributed by atoms with Crippen LogP contribution in [0.3, 0.4) is 0 Å². The second kappa shape index (κ2) is 8.32. The lowest BCUT2D eigenvalue weighted by molar-refractivity contribution is -0.120. The predicted molar refractivity (Wildman–Crippen MR) is 101 cm³/mol. The minimum absolute atomic E-state index is 0.0949. The topological polar surface area (TPSA) is 59.4 Å². The van der Waals surface area contributed by atoms with Crippen LogP contribution in [-0.4, -0.2) is 38.0 Å². The van der Waals surface area contributed by atoms with Crippen molar-refractivity contribution in [2.75, 3.05) is 31.4 Å². The zero-order valence-electron chi connectivity index (χ0n) is 15.2. The molecule has 0 spiro atoms. The fourth-order valence-corrected chi connectivity index (χ4v) is 2.44. The molecule has 2 aromatic rings. The summed E-state index contributed by atoms with van der Waals surface area (Å²) >= 11 is 0. The van der Waals surface area contributed by atoms with Crippen LogP contribution in [0.25, 0.3) is 0 Å². The Bertz CT molecular complexity index is 762. The Hall–Kier alpha value is -2.84. The molecule has 0 unspecified atom stereocenters. The Morgan fingerprint density at radius 3 is 2.44 bits per heavy atom. The Morgan fingerprint density at radius 2 is 1.84 bits per heavy atom. The van der Waals surface area contributed by atoms with Crippen molar-refractivity contribution in [1.82, 2.24) is 4.90 Å². The van der Waals surface area contributed by atoms with E-state index in [0.29, 0.717) is 17.8 Å². The Balaban J connectivity index is 1.97. The fraction of sp³-hybridized carbons (Fsp3) is 0.300. The lowest BCUT2D eigenvalue weighted by Gasteiger charge is -2.24. The molecule has 5 nitrogen and oxygen atoms in total. The molecular weight excluding hydrogens is 312 g/mol.